The lowest BCUT2D eigenvalue weighted by molar-refractivity contribution is -0.141. The van der Waals surface area contributed by atoms with Crippen LogP contribution in [-0.2, 0) is 20.9 Å². The van der Waals surface area contributed by atoms with Gasteiger partial charge < -0.3 is 24.4 Å². The minimum atomic E-state index is -0.534. The molecule has 0 saturated heterocycles. The molecule has 0 aliphatic carbocycles. The second-order valence-electron chi connectivity index (χ2n) is 9.78. The summed E-state index contributed by atoms with van der Waals surface area (Å²) in [4.78, 5) is 39.1. The van der Waals surface area contributed by atoms with E-state index >= 15 is 0 Å². The van der Waals surface area contributed by atoms with Crippen LogP contribution in [0.15, 0.2) is 24.3 Å². The summed E-state index contributed by atoms with van der Waals surface area (Å²) in [6.07, 6.45) is 0.658. The van der Waals surface area contributed by atoms with E-state index in [9.17, 15) is 14.4 Å². The molecule has 10 nitrogen and oxygen atoms in total. The molecule has 0 aliphatic rings. The van der Waals surface area contributed by atoms with Crippen molar-refractivity contribution in [2.45, 2.75) is 53.1 Å². The first kappa shape index (κ1) is 29.7. The fourth-order valence-corrected chi connectivity index (χ4v) is 4.11. The molecule has 0 fully saturated rings. The number of amides is 2. The Kier molecular flexibility index (Phi) is 11.0. The molecule has 1 atom stereocenters. The highest BCUT2D eigenvalue weighted by atomic mass is 16.5. The summed E-state index contributed by atoms with van der Waals surface area (Å²) in [5.74, 6) is 0.554. The number of rotatable bonds is 13. The summed E-state index contributed by atoms with van der Waals surface area (Å²) >= 11 is 0. The Labute approximate surface area is 219 Å². The smallest absolute Gasteiger partial charge is 0.325 e. The molecule has 1 N–H and O–H groups in total. The first-order valence-corrected chi connectivity index (χ1v) is 12.4. The minimum Gasteiger partial charge on any atom is -0.496 e. The van der Waals surface area contributed by atoms with Gasteiger partial charge in [0.15, 0.2) is 5.69 Å². The van der Waals surface area contributed by atoms with Gasteiger partial charge in [0.2, 0.25) is 5.91 Å². The van der Waals surface area contributed by atoms with Crippen molar-refractivity contribution in [3.05, 3.63) is 30.0 Å². The maximum absolute atomic E-state index is 13.6. The molecule has 0 spiro atoms. The minimum absolute atomic E-state index is 0.0529. The van der Waals surface area contributed by atoms with Crippen molar-refractivity contribution >= 4 is 17.8 Å². The number of benzene rings is 1. The van der Waals surface area contributed by atoms with Gasteiger partial charge in [-0.05, 0) is 36.5 Å². The van der Waals surface area contributed by atoms with Gasteiger partial charge in [0.1, 0.15) is 18.0 Å². The molecule has 1 aromatic heterocycles. The van der Waals surface area contributed by atoms with E-state index in [-0.39, 0.29) is 48.4 Å². The Balaban J connectivity index is 2.42. The van der Waals surface area contributed by atoms with Crippen molar-refractivity contribution in [2.24, 2.45) is 11.8 Å². The van der Waals surface area contributed by atoms with Crippen molar-refractivity contribution < 1.29 is 28.6 Å². The molecular weight excluding hydrogens is 476 g/mol. The van der Waals surface area contributed by atoms with Gasteiger partial charge in [0, 0.05) is 26.1 Å². The molecule has 0 bridgehead atoms. The lowest BCUT2D eigenvalue weighted by Crippen LogP contribution is -2.42. The van der Waals surface area contributed by atoms with Crippen LogP contribution in [0, 0.1) is 11.8 Å². The van der Waals surface area contributed by atoms with Crippen molar-refractivity contribution in [3.8, 4) is 22.8 Å². The number of carbonyl (C=O) groups excluding carboxylic acids is 3. The molecule has 0 aliphatic heterocycles. The van der Waals surface area contributed by atoms with E-state index in [2.05, 4.69) is 29.0 Å². The molecule has 2 rings (SSSR count). The molecule has 1 heterocycles. The fourth-order valence-electron chi connectivity index (χ4n) is 4.11. The van der Waals surface area contributed by atoms with Gasteiger partial charge in [0.25, 0.3) is 5.91 Å². The zero-order valence-corrected chi connectivity index (χ0v) is 23.2. The zero-order valence-electron chi connectivity index (χ0n) is 23.2. The average molecular weight is 517 g/mol. The number of nitrogens with one attached hydrogen (secondary N) is 1. The molecule has 1 aromatic carbocycles. The third kappa shape index (κ3) is 7.96. The van der Waals surface area contributed by atoms with Gasteiger partial charge in [-0.25, -0.2) is 0 Å². The monoisotopic (exact) mass is 516 g/mol. The highest BCUT2D eigenvalue weighted by Gasteiger charge is 2.28. The number of methoxy groups -OCH3 is 3. The summed E-state index contributed by atoms with van der Waals surface area (Å²) in [6.45, 7) is 8.57. The third-order valence-electron chi connectivity index (χ3n) is 5.91. The van der Waals surface area contributed by atoms with E-state index in [0.717, 1.165) is 0 Å². The Morgan fingerprint density at radius 3 is 2.16 bits per heavy atom. The van der Waals surface area contributed by atoms with Crippen LogP contribution in [-0.4, -0.2) is 73.4 Å². The van der Waals surface area contributed by atoms with Crippen molar-refractivity contribution in [2.75, 3.05) is 34.9 Å². The number of hydrogen-bond donors (Lipinski definition) is 1. The number of hydrogen-bond acceptors (Lipinski definition) is 7. The topological polar surface area (TPSA) is 112 Å². The van der Waals surface area contributed by atoms with E-state index in [4.69, 9.17) is 9.47 Å². The molecule has 0 radical (unpaired) electrons. The summed E-state index contributed by atoms with van der Waals surface area (Å²) in [5.41, 5.74) is 1.68. The van der Waals surface area contributed by atoms with Crippen LogP contribution < -0.4 is 14.8 Å². The number of aromatic nitrogens is 2. The van der Waals surface area contributed by atoms with Gasteiger partial charge in [-0.3, -0.25) is 19.1 Å². The molecule has 0 saturated carbocycles. The van der Waals surface area contributed by atoms with Crippen LogP contribution >= 0.6 is 0 Å². The third-order valence-corrected chi connectivity index (χ3v) is 5.91. The average Bonchev–Trinajstić information content (AvgIpc) is 3.27. The van der Waals surface area contributed by atoms with Crippen LogP contribution in [0.5, 0.6) is 11.5 Å². The summed E-state index contributed by atoms with van der Waals surface area (Å²) in [7, 11) is 6.11. The molecule has 2 aromatic rings. The van der Waals surface area contributed by atoms with Crippen LogP contribution in [0.2, 0.25) is 0 Å². The highest BCUT2D eigenvalue weighted by Crippen LogP contribution is 2.39. The van der Waals surface area contributed by atoms with Gasteiger partial charge in [-0.2, -0.15) is 5.10 Å². The summed E-state index contributed by atoms with van der Waals surface area (Å²) in [5, 5.41) is 7.22. The van der Waals surface area contributed by atoms with Gasteiger partial charge >= 0.3 is 5.97 Å². The standard InChI is InChI=1S/C27H40N4O6/c1-17(2)12-19(13-24(32)28-15-25(33)37-8)30(5)27(34)20-14-21(31(29-20)16-18(3)4)26-22(35-6)10-9-11-23(26)36-7/h9-11,14,17-19H,12-13,15-16H2,1-8H3,(H,28,32)/t19-/m0/s1. The summed E-state index contributed by atoms with van der Waals surface area (Å²) < 4.78 is 17.6. The Hall–Kier alpha value is -3.56. The fraction of sp³-hybridized carbons (Fsp3) is 0.556. The Morgan fingerprint density at radius 1 is 1.03 bits per heavy atom. The Bertz CT molecular complexity index is 1060. The number of nitrogens with zero attached hydrogens (tertiary/aromatic N) is 3. The van der Waals surface area contributed by atoms with Crippen molar-refractivity contribution in [3.63, 3.8) is 0 Å². The van der Waals surface area contributed by atoms with Crippen LogP contribution in [0.4, 0.5) is 0 Å². The largest absolute Gasteiger partial charge is 0.496 e. The first-order chi connectivity index (χ1) is 17.5. The summed E-state index contributed by atoms with van der Waals surface area (Å²) in [6, 6.07) is 6.87. The number of esters is 1. The SMILES string of the molecule is COC(=O)CNC(=O)C[C@H](CC(C)C)N(C)C(=O)c1cc(-c2c(OC)cccc2OC)n(CC(C)C)n1. The normalized spacial score (nSPS) is 11.8. The molecule has 2 amide bonds. The van der Waals surface area contributed by atoms with Gasteiger partial charge in [-0.15, -0.1) is 0 Å². The number of ether oxygens (including phenoxy) is 3. The molecule has 10 heteroatoms. The molecular formula is C27H40N4O6. The molecule has 37 heavy (non-hydrogen) atoms. The van der Waals surface area contributed by atoms with Crippen LogP contribution in [0.25, 0.3) is 11.3 Å². The second kappa shape index (κ2) is 13.7. The maximum Gasteiger partial charge on any atom is 0.325 e. The van der Waals surface area contributed by atoms with E-state index in [1.165, 1.54) is 7.11 Å². The first-order valence-electron chi connectivity index (χ1n) is 12.4. The van der Waals surface area contributed by atoms with E-state index < -0.39 is 5.97 Å². The van der Waals surface area contributed by atoms with E-state index in [1.54, 1.807) is 36.9 Å². The Morgan fingerprint density at radius 2 is 1.65 bits per heavy atom. The van der Waals surface area contributed by atoms with Gasteiger partial charge in [-0.1, -0.05) is 33.8 Å². The number of carbonyl (C=O) groups is 3. The predicted octanol–water partition coefficient (Wildman–Crippen LogP) is 3.39. The lowest BCUT2D eigenvalue weighted by Gasteiger charge is -2.28. The lowest BCUT2D eigenvalue weighted by atomic mass is 9.99. The predicted molar refractivity (Wildman–Crippen MR) is 141 cm³/mol. The van der Waals surface area contributed by atoms with E-state index in [1.807, 2.05) is 32.0 Å². The zero-order chi connectivity index (χ0) is 27.7. The van der Waals surface area contributed by atoms with Crippen molar-refractivity contribution in [1.29, 1.82) is 0 Å². The van der Waals surface area contributed by atoms with Crippen LogP contribution in [0.1, 0.15) is 51.0 Å². The second-order valence-corrected chi connectivity index (χ2v) is 9.78. The van der Waals surface area contributed by atoms with Crippen LogP contribution in [0.3, 0.4) is 0 Å². The van der Waals surface area contributed by atoms with Crippen molar-refractivity contribution in [1.82, 2.24) is 20.0 Å². The highest BCUT2D eigenvalue weighted by molar-refractivity contribution is 5.94. The quantitative estimate of drug-likeness (QED) is 0.406. The molecule has 0 unspecified atom stereocenters. The maximum atomic E-state index is 13.6. The van der Waals surface area contributed by atoms with E-state index in [0.29, 0.717) is 35.7 Å². The van der Waals surface area contributed by atoms with Gasteiger partial charge in [0.05, 0.1) is 32.6 Å². The molecule has 204 valence electrons.